The zero-order valence-electron chi connectivity index (χ0n) is 20.9. The number of nitrogens with zero attached hydrogens (tertiary/aromatic N) is 2. The summed E-state index contributed by atoms with van der Waals surface area (Å²) in [7, 11) is -2.73. The second-order valence-electron chi connectivity index (χ2n) is 8.16. The monoisotopic (exact) mass is 543 g/mol. The summed E-state index contributed by atoms with van der Waals surface area (Å²) < 4.78 is 34.4. The molecule has 0 heterocycles. The molecule has 0 saturated carbocycles. The second kappa shape index (κ2) is 12.6. The Kier molecular flexibility index (Phi) is 9.54. The Bertz CT molecular complexity index is 1320. The molecular weight excluding hydrogens is 514 g/mol. The van der Waals surface area contributed by atoms with Crippen molar-refractivity contribution < 1.29 is 22.7 Å². The summed E-state index contributed by atoms with van der Waals surface area (Å²) in [5, 5.41) is 2.94. The normalized spacial score (nSPS) is 11.9. The van der Waals surface area contributed by atoms with E-state index in [0.29, 0.717) is 17.4 Å². The van der Waals surface area contributed by atoms with E-state index < -0.39 is 28.5 Å². The molecule has 3 aromatic carbocycles. The predicted molar refractivity (Wildman–Crippen MR) is 144 cm³/mol. The third kappa shape index (κ3) is 6.81. The molecule has 0 saturated heterocycles. The first-order valence-corrected chi connectivity index (χ1v) is 13.6. The fourth-order valence-electron chi connectivity index (χ4n) is 3.76. The maximum absolute atomic E-state index is 13.9. The molecule has 196 valence electrons. The maximum Gasteiger partial charge on any atom is 0.264 e. The van der Waals surface area contributed by atoms with Gasteiger partial charge in [-0.3, -0.25) is 13.9 Å². The highest BCUT2D eigenvalue weighted by Crippen LogP contribution is 2.33. The van der Waals surface area contributed by atoms with Gasteiger partial charge in [-0.25, -0.2) is 8.42 Å². The van der Waals surface area contributed by atoms with Crippen molar-refractivity contribution in [3.8, 4) is 5.75 Å². The molecule has 10 heteroatoms. The van der Waals surface area contributed by atoms with Crippen molar-refractivity contribution in [1.82, 2.24) is 10.2 Å². The van der Waals surface area contributed by atoms with Crippen molar-refractivity contribution in [3.63, 3.8) is 0 Å². The van der Waals surface area contributed by atoms with Crippen molar-refractivity contribution in [2.75, 3.05) is 24.5 Å². The first-order valence-electron chi connectivity index (χ1n) is 11.7. The number of sulfonamides is 1. The highest BCUT2D eigenvalue weighted by molar-refractivity contribution is 7.92. The van der Waals surface area contributed by atoms with Crippen LogP contribution in [-0.2, 0) is 26.2 Å². The van der Waals surface area contributed by atoms with Crippen molar-refractivity contribution in [2.45, 2.75) is 31.3 Å². The molecule has 0 aliphatic heterocycles. The quantitative estimate of drug-likeness (QED) is 0.393. The van der Waals surface area contributed by atoms with Gasteiger partial charge < -0.3 is 15.0 Å². The molecule has 0 aromatic heterocycles. The molecule has 8 nitrogen and oxygen atoms in total. The molecule has 0 radical (unpaired) electrons. The lowest BCUT2D eigenvalue weighted by Crippen LogP contribution is -2.50. The summed E-state index contributed by atoms with van der Waals surface area (Å²) >= 11 is 5.98. The van der Waals surface area contributed by atoms with E-state index in [1.165, 1.54) is 36.2 Å². The Balaban J connectivity index is 2.08. The van der Waals surface area contributed by atoms with Crippen LogP contribution in [0, 0.1) is 0 Å². The van der Waals surface area contributed by atoms with Gasteiger partial charge in [0.1, 0.15) is 18.3 Å². The molecule has 0 aliphatic carbocycles. The SMILES string of the molecule is CCOc1ccccc1N(CC(=O)N(Cc1ccccc1)C(C)C(=O)NC)S(=O)(=O)c1ccc(Cl)cc1. The topological polar surface area (TPSA) is 96.0 Å². The molecule has 3 aromatic rings. The van der Waals surface area contributed by atoms with Gasteiger partial charge in [-0.15, -0.1) is 0 Å². The Morgan fingerprint density at radius 2 is 1.59 bits per heavy atom. The number of para-hydroxylation sites is 2. The van der Waals surface area contributed by atoms with Crippen molar-refractivity contribution >= 4 is 39.1 Å². The molecule has 37 heavy (non-hydrogen) atoms. The third-order valence-corrected chi connectivity index (χ3v) is 7.75. The van der Waals surface area contributed by atoms with Crippen LogP contribution >= 0.6 is 11.6 Å². The fourth-order valence-corrected chi connectivity index (χ4v) is 5.31. The van der Waals surface area contributed by atoms with E-state index in [2.05, 4.69) is 5.32 Å². The first kappa shape index (κ1) is 28.0. The van der Waals surface area contributed by atoms with Crippen LogP contribution in [0.25, 0.3) is 0 Å². The highest BCUT2D eigenvalue weighted by Gasteiger charge is 2.33. The van der Waals surface area contributed by atoms with Gasteiger partial charge in [-0.2, -0.15) is 0 Å². The smallest absolute Gasteiger partial charge is 0.264 e. The highest BCUT2D eigenvalue weighted by atomic mass is 35.5. The summed E-state index contributed by atoms with van der Waals surface area (Å²) in [6.45, 7) is 3.26. The molecule has 0 spiro atoms. The lowest BCUT2D eigenvalue weighted by atomic mass is 10.1. The molecule has 1 atom stereocenters. The zero-order chi connectivity index (χ0) is 27.0. The minimum atomic E-state index is -4.22. The van der Waals surface area contributed by atoms with E-state index in [1.54, 1.807) is 38.1 Å². The number of rotatable bonds is 11. The second-order valence-corrected chi connectivity index (χ2v) is 10.5. The van der Waals surface area contributed by atoms with Gasteiger partial charge in [0.25, 0.3) is 10.0 Å². The number of hydrogen-bond acceptors (Lipinski definition) is 5. The zero-order valence-corrected chi connectivity index (χ0v) is 22.5. The standard InChI is InChI=1S/C27H30ClN3O5S/c1-4-36-25-13-9-8-12-24(25)31(37(34,35)23-16-14-22(28)15-17-23)19-26(32)30(20(2)27(33)29-3)18-21-10-6-5-7-11-21/h5-17,20H,4,18-19H2,1-3H3,(H,29,33). The number of nitrogens with one attached hydrogen (secondary N) is 1. The Morgan fingerprint density at radius 1 is 0.973 bits per heavy atom. The van der Waals surface area contributed by atoms with E-state index in [9.17, 15) is 18.0 Å². The van der Waals surface area contributed by atoms with Gasteiger partial charge in [0.05, 0.1) is 17.2 Å². The van der Waals surface area contributed by atoms with Crippen LogP contribution in [0.1, 0.15) is 19.4 Å². The van der Waals surface area contributed by atoms with Crippen LogP contribution < -0.4 is 14.4 Å². The number of amides is 2. The Labute approximate surface area is 222 Å². The molecule has 0 bridgehead atoms. The van der Waals surface area contributed by atoms with E-state index in [0.717, 1.165) is 9.87 Å². The Hall–Kier alpha value is -3.56. The van der Waals surface area contributed by atoms with Gasteiger partial charge in [0, 0.05) is 18.6 Å². The van der Waals surface area contributed by atoms with Gasteiger partial charge in [-0.1, -0.05) is 54.1 Å². The van der Waals surface area contributed by atoms with Crippen LogP contribution in [0.3, 0.4) is 0 Å². The van der Waals surface area contributed by atoms with Crippen LogP contribution in [0.5, 0.6) is 5.75 Å². The minimum absolute atomic E-state index is 0.0371. The summed E-state index contributed by atoms with van der Waals surface area (Å²) in [5.41, 5.74) is 1.01. The number of hydrogen-bond donors (Lipinski definition) is 1. The number of likely N-dealkylation sites (N-methyl/N-ethyl adjacent to an activating group) is 1. The molecule has 3 rings (SSSR count). The van der Waals surface area contributed by atoms with E-state index in [-0.39, 0.29) is 23.0 Å². The van der Waals surface area contributed by atoms with E-state index >= 15 is 0 Å². The summed E-state index contributed by atoms with van der Waals surface area (Å²) in [6.07, 6.45) is 0. The van der Waals surface area contributed by atoms with Gasteiger partial charge in [0.15, 0.2) is 0 Å². The van der Waals surface area contributed by atoms with Crippen molar-refractivity contribution in [3.05, 3.63) is 89.4 Å². The third-order valence-electron chi connectivity index (χ3n) is 5.72. The largest absolute Gasteiger partial charge is 0.492 e. The number of halogens is 1. The summed E-state index contributed by atoms with van der Waals surface area (Å²) in [4.78, 5) is 27.6. The molecular formula is C27H30ClN3O5S. The van der Waals surface area contributed by atoms with Crippen LogP contribution in [0.2, 0.25) is 5.02 Å². The van der Waals surface area contributed by atoms with E-state index in [1.807, 2.05) is 30.3 Å². The number of ether oxygens (including phenoxy) is 1. The molecule has 2 amide bonds. The number of anilines is 1. The number of carbonyl (C=O) groups excluding carboxylic acids is 2. The average Bonchev–Trinajstić information content (AvgIpc) is 2.90. The lowest BCUT2D eigenvalue weighted by molar-refractivity contribution is -0.139. The maximum atomic E-state index is 13.9. The predicted octanol–water partition coefficient (Wildman–Crippen LogP) is 4.10. The summed E-state index contributed by atoms with van der Waals surface area (Å²) in [5.74, 6) is -0.612. The van der Waals surface area contributed by atoms with Gasteiger partial charge in [0.2, 0.25) is 11.8 Å². The van der Waals surface area contributed by atoms with Gasteiger partial charge in [-0.05, 0) is 55.8 Å². The van der Waals surface area contributed by atoms with Crippen LogP contribution in [0.4, 0.5) is 5.69 Å². The van der Waals surface area contributed by atoms with Crippen LogP contribution in [0.15, 0.2) is 83.8 Å². The van der Waals surface area contributed by atoms with Crippen LogP contribution in [-0.4, -0.2) is 51.4 Å². The van der Waals surface area contributed by atoms with Crippen molar-refractivity contribution in [2.24, 2.45) is 0 Å². The fraction of sp³-hybridized carbons (Fsp3) is 0.259. The van der Waals surface area contributed by atoms with E-state index in [4.69, 9.17) is 16.3 Å². The average molecular weight is 544 g/mol. The summed E-state index contributed by atoms with van der Waals surface area (Å²) in [6, 6.07) is 20.7. The first-order chi connectivity index (χ1) is 17.7. The molecule has 1 N–H and O–H groups in total. The van der Waals surface area contributed by atoms with Gasteiger partial charge >= 0.3 is 0 Å². The molecule has 0 aliphatic rings. The Morgan fingerprint density at radius 3 is 2.22 bits per heavy atom. The number of carbonyl (C=O) groups is 2. The number of benzene rings is 3. The van der Waals surface area contributed by atoms with Crippen molar-refractivity contribution in [1.29, 1.82) is 0 Å². The molecule has 0 fully saturated rings. The molecule has 1 unspecified atom stereocenters. The minimum Gasteiger partial charge on any atom is -0.492 e. The lowest BCUT2D eigenvalue weighted by Gasteiger charge is -2.32.